The van der Waals surface area contributed by atoms with Crippen LogP contribution in [0.5, 0.6) is 0 Å². The van der Waals surface area contributed by atoms with Gasteiger partial charge in [0.15, 0.2) is 0 Å². The van der Waals surface area contributed by atoms with Crippen molar-refractivity contribution in [3.63, 3.8) is 0 Å². The molecule has 132 valence electrons. The van der Waals surface area contributed by atoms with Gasteiger partial charge in [-0.05, 0) is 55.8 Å². The van der Waals surface area contributed by atoms with Crippen LogP contribution in [0.2, 0.25) is 0 Å². The lowest BCUT2D eigenvalue weighted by atomic mass is 9.95. The minimum Gasteiger partial charge on any atom is -0.357 e. The Morgan fingerprint density at radius 2 is 1.64 bits per heavy atom. The van der Waals surface area contributed by atoms with Crippen molar-refractivity contribution >= 4 is 5.82 Å². The molecule has 0 radical (unpaired) electrons. The fourth-order valence-corrected chi connectivity index (χ4v) is 4.28. The number of hydrogen-bond donors (Lipinski definition) is 0. The van der Waals surface area contributed by atoms with Crippen molar-refractivity contribution in [2.75, 3.05) is 24.5 Å². The Hall–Kier alpha value is -1.87. The largest absolute Gasteiger partial charge is 0.357 e. The Morgan fingerprint density at radius 3 is 2.40 bits per heavy atom. The third-order valence-electron chi connectivity index (χ3n) is 5.68. The Bertz CT molecular complexity index is 647. The van der Waals surface area contributed by atoms with Crippen LogP contribution in [-0.2, 0) is 6.54 Å². The Balaban J connectivity index is 1.48. The molecule has 1 atom stereocenters. The molecule has 0 saturated carbocycles. The van der Waals surface area contributed by atoms with Crippen molar-refractivity contribution in [2.24, 2.45) is 0 Å². The van der Waals surface area contributed by atoms with Gasteiger partial charge in [-0.1, -0.05) is 42.8 Å². The van der Waals surface area contributed by atoms with E-state index in [1.807, 2.05) is 0 Å². The lowest BCUT2D eigenvalue weighted by Crippen LogP contribution is -2.33. The van der Waals surface area contributed by atoms with E-state index < -0.39 is 0 Å². The van der Waals surface area contributed by atoms with Gasteiger partial charge >= 0.3 is 0 Å². The number of rotatable bonds is 4. The summed E-state index contributed by atoms with van der Waals surface area (Å²) in [4.78, 5) is 9.89. The van der Waals surface area contributed by atoms with Gasteiger partial charge in [-0.2, -0.15) is 0 Å². The van der Waals surface area contributed by atoms with Crippen LogP contribution in [0, 0.1) is 0 Å². The molecule has 0 amide bonds. The Morgan fingerprint density at radius 1 is 0.840 bits per heavy atom. The molecule has 0 aliphatic carbocycles. The summed E-state index contributed by atoms with van der Waals surface area (Å²) in [6.07, 6.45) is 9.99. The van der Waals surface area contributed by atoms with Gasteiger partial charge in [0.1, 0.15) is 5.82 Å². The van der Waals surface area contributed by atoms with E-state index in [0.29, 0.717) is 6.04 Å². The van der Waals surface area contributed by atoms with Crippen LogP contribution in [0.25, 0.3) is 0 Å². The van der Waals surface area contributed by atoms with Gasteiger partial charge < -0.3 is 4.90 Å². The highest BCUT2D eigenvalue weighted by Gasteiger charge is 2.24. The van der Waals surface area contributed by atoms with Crippen molar-refractivity contribution in [1.29, 1.82) is 0 Å². The van der Waals surface area contributed by atoms with E-state index in [1.54, 1.807) is 0 Å². The van der Waals surface area contributed by atoms with Crippen LogP contribution < -0.4 is 4.90 Å². The first kappa shape index (κ1) is 16.6. The van der Waals surface area contributed by atoms with Gasteiger partial charge in [0.2, 0.25) is 0 Å². The first-order chi connectivity index (χ1) is 12.4. The van der Waals surface area contributed by atoms with Crippen molar-refractivity contribution in [3.05, 3.63) is 59.8 Å². The molecule has 1 aromatic heterocycles. The topological polar surface area (TPSA) is 19.4 Å². The predicted molar refractivity (Wildman–Crippen MR) is 104 cm³/mol. The fraction of sp³-hybridized carbons (Fsp3) is 0.500. The minimum absolute atomic E-state index is 0.511. The fourth-order valence-electron chi connectivity index (χ4n) is 4.28. The minimum atomic E-state index is 0.511. The number of anilines is 1. The number of likely N-dealkylation sites (tertiary alicyclic amines) is 1. The molecule has 0 unspecified atom stereocenters. The van der Waals surface area contributed by atoms with E-state index in [9.17, 15) is 0 Å². The SMILES string of the molecule is c1ccc(CN2CCCC[C@@H]2c2ccc(N3CCCCC3)nc2)cc1. The smallest absolute Gasteiger partial charge is 0.128 e. The third-order valence-corrected chi connectivity index (χ3v) is 5.68. The quantitative estimate of drug-likeness (QED) is 0.800. The van der Waals surface area contributed by atoms with Gasteiger partial charge in [-0.3, -0.25) is 4.90 Å². The highest BCUT2D eigenvalue weighted by Crippen LogP contribution is 2.32. The number of benzene rings is 1. The first-order valence-corrected chi connectivity index (χ1v) is 9.89. The molecule has 25 heavy (non-hydrogen) atoms. The number of piperidine rings is 2. The van der Waals surface area contributed by atoms with E-state index in [4.69, 9.17) is 4.98 Å². The van der Waals surface area contributed by atoms with E-state index in [0.717, 1.165) is 25.5 Å². The first-order valence-electron chi connectivity index (χ1n) is 9.89. The van der Waals surface area contributed by atoms with E-state index >= 15 is 0 Å². The third kappa shape index (κ3) is 4.04. The zero-order chi connectivity index (χ0) is 16.9. The maximum Gasteiger partial charge on any atom is 0.128 e. The zero-order valence-electron chi connectivity index (χ0n) is 15.1. The molecule has 3 nitrogen and oxygen atoms in total. The van der Waals surface area contributed by atoms with Crippen LogP contribution in [-0.4, -0.2) is 29.5 Å². The molecule has 0 spiro atoms. The highest BCUT2D eigenvalue weighted by molar-refractivity contribution is 5.40. The lowest BCUT2D eigenvalue weighted by molar-refractivity contribution is 0.140. The van der Waals surface area contributed by atoms with Crippen molar-refractivity contribution in [1.82, 2.24) is 9.88 Å². The summed E-state index contributed by atoms with van der Waals surface area (Å²) in [5.41, 5.74) is 2.80. The van der Waals surface area contributed by atoms with Crippen LogP contribution >= 0.6 is 0 Å². The molecule has 2 aliphatic heterocycles. The molecule has 0 N–H and O–H groups in total. The van der Waals surface area contributed by atoms with Crippen LogP contribution in [0.1, 0.15) is 55.7 Å². The summed E-state index contributed by atoms with van der Waals surface area (Å²) >= 11 is 0. The average molecular weight is 335 g/mol. The number of aromatic nitrogens is 1. The highest BCUT2D eigenvalue weighted by atomic mass is 15.2. The molecule has 2 saturated heterocycles. The molecular formula is C22H29N3. The Kier molecular flexibility index (Phi) is 5.31. The predicted octanol–water partition coefficient (Wildman–Crippen LogP) is 4.80. The molecule has 1 aromatic carbocycles. The van der Waals surface area contributed by atoms with Gasteiger partial charge in [-0.15, -0.1) is 0 Å². The second-order valence-corrected chi connectivity index (χ2v) is 7.47. The van der Waals surface area contributed by atoms with Crippen LogP contribution in [0.3, 0.4) is 0 Å². The molecule has 2 aromatic rings. The summed E-state index contributed by atoms with van der Waals surface area (Å²) in [5, 5.41) is 0. The summed E-state index contributed by atoms with van der Waals surface area (Å²) in [6.45, 7) is 4.55. The molecule has 2 fully saturated rings. The summed E-state index contributed by atoms with van der Waals surface area (Å²) < 4.78 is 0. The molecule has 3 heteroatoms. The van der Waals surface area contributed by atoms with Gasteiger partial charge in [0, 0.05) is 31.9 Å². The second kappa shape index (κ2) is 8.01. The van der Waals surface area contributed by atoms with Gasteiger partial charge in [0.05, 0.1) is 0 Å². The number of nitrogens with zero attached hydrogens (tertiary/aromatic N) is 3. The molecule has 2 aliphatic rings. The van der Waals surface area contributed by atoms with Gasteiger partial charge in [-0.25, -0.2) is 4.98 Å². The average Bonchev–Trinajstić information content (AvgIpc) is 2.70. The summed E-state index contributed by atoms with van der Waals surface area (Å²) in [7, 11) is 0. The normalized spacial score (nSPS) is 22.1. The number of pyridine rings is 1. The standard InChI is InChI=1S/C22H29N3/c1-3-9-19(10-4-1)18-25-16-8-5-11-21(25)20-12-13-22(23-17-20)24-14-6-2-7-15-24/h1,3-4,9-10,12-13,17,21H,2,5-8,11,14-16,18H2/t21-/m1/s1. The lowest BCUT2D eigenvalue weighted by Gasteiger charge is -2.36. The molecule has 0 bridgehead atoms. The van der Waals surface area contributed by atoms with E-state index in [1.165, 1.54) is 56.2 Å². The molecule has 4 rings (SSSR count). The monoisotopic (exact) mass is 335 g/mol. The second-order valence-electron chi connectivity index (χ2n) is 7.47. The molecule has 3 heterocycles. The van der Waals surface area contributed by atoms with E-state index in [2.05, 4.69) is 58.5 Å². The van der Waals surface area contributed by atoms with E-state index in [-0.39, 0.29) is 0 Å². The summed E-state index contributed by atoms with van der Waals surface area (Å²) in [6, 6.07) is 15.9. The maximum atomic E-state index is 4.82. The van der Waals surface area contributed by atoms with Crippen molar-refractivity contribution in [3.8, 4) is 0 Å². The van der Waals surface area contributed by atoms with Crippen LogP contribution in [0.15, 0.2) is 48.7 Å². The molecular weight excluding hydrogens is 306 g/mol. The van der Waals surface area contributed by atoms with Crippen molar-refractivity contribution in [2.45, 2.75) is 51.1 Å². The summed E-state index contributed by atoms with van der Waals surface area (Å²) in [5.74, 6) is 1.16. The zero-order valence-corrected chi connectivity index (χ0v) is 15.1. The van der Waals surface area contributed by atoms with Crippen molar-refractivity contribution < 1.29 is 0 Å². The van der Waals surface area contributed by atoms with Crippen LogP contribution in [0.4, 0.5) is 5.82 Å². The number of hydrogen-bond acceptors (Lipinski definition) is 3. The maximum absolute atomic E-state index is 4.82. The Labute approximate surface area is 151 Å². The van der Waals surface area contributed by atoms with Gasteiger partial charge in [0.25, 0.3) is 0 Å².